The van der Waals surface area contributed by atoms with E-state index in [1.54, 1.807) is 29.2 Å². The summed E-state index contributed by atoms with van der Waals surface area (Å²) in [5, 5.41) is 3.55. The molecule has 3 aromatic carbocycles. The molecule has 9 nitrogen and oxygen atoms in total. The first-order valence-electron chi connectivity index (χ1n) is 14.0. The van der Waals surface area contributed by atoms with Crippen LogP contribution in [0.3, 0.4) is 0 Å². The van der Waals surface area contributed by atoms with Crippen molar-refractivity contribution in [1.29, 1.82) is 0 Å². The number of benzene rings is 3. The highest BCUT2D eigenvalue weighted by Crippen LogP contribution is 2.42. The Hall–Kier alpha value is -4.71. The van der Waals surface area contributed by atoms with E-state index in [0.717, 1.165) is 10.6 Å². The lowest BCUT2D eigenvalue weighted by Gasteiger charge is -2.34. The summed E-state index contributed by atoms with van der Waals surface area (Å²) in [6.07, 6.45) is 2.33. The minimum Gasteiger partial charge on any atom is -0.455 e. The molecule has 12 heteroatoms. The number of hydrogen-bond acceptors (Lipinski definition) is 6. The predicted octanol–water partition coefficient (Wildman–Crippen LogP) is 5.90. The van der Waals surface area contributed by atoms with Crippen LogP contribution in [0.4, 0.5) is 14.5 Å². The summed E-state index contributed by atoms with van der Waals surface area (Å²) in [5.74, 6) is -1.95. The molecule has 5 aromatic rings. The number of rotatable bonds is 6. The summed E-state index contributed by atoms with van der Waals surface area (Å²) < 4.78 is 66.3. The quantitative estimate of drug-likeness (QED) is 0.253. The average Bonchev–Trinajstić information content (AvgIpc) is 3.62. The lowest BCUT2D eigenvalue weighted by Crippen LogP contribution is -2.39. The van der Waals surface area contributed by atoms with Crippen LogP contribution in [0.1, 0.15) is 45.2 Å². The van der Waals surface area contributed by atoms with Crippen LogP contribution in [0.5, 0.6) is 0 Å². The molecule has 2 amide bonds. The standard InChI is InChI=1S/C32H29F2N3O6S/c1-35-31(38)28-23-15-22(20-7-5-13-37(17-20)32(39)27-14-19-6-4-8-24(34)29(19)43-27)25(36(2)44(3,40)41)16-26(23)42-30(28)18-9-11-21(33)12-10-18/h4,6,8-12,14-16,20H,5,7,13,17H2,1-3H3,(H,35,38). The van der Waals surface area contributed by atoms with E-state index < -0.39 is 33.5 Å². The number of carbonyl (C=O) groups excluding carboxylic acids is 2. The number of nitrogens with zero attached hydrogens (tertiary/aromatic N) is 2. The fourth-order valence-electron chi connectivity index (χ4n) is 5.79. The van der Waals surface area contributed by atoms with Gasteiger partial charge in [0.2, 0.25) is 10.0 Å². The fourth-order valence-corrected chi connectivity index (χ4v) is 6.30. The number of likely N-dealkylation sites (tertiary alicyclic amines) is 1. The number of para-hydroxylation sites is 1. The Balaban J connectivity index is 1.46. The van der Waals surface area contributed by atoms with Crippen molar-refractivity contribution in [1.82, 2.24) is 10.2 Å². The maximum atomic E-state index is 14.3. The molecule has 44 heavy (non-hydrogen) atoms. The van der Waals surface area contributed by atoms with E-state index in [1.807, 2.05) is 0 Å². The summed E-state index contributed by atoms with van der Waals surface area (Å²) in [7, 11) is -0.807. The van der Waals surface area contributed by atoms with Crippen molar-refractivity contribution in [3.05, 3.63) is 89.2 Å². The lowest BCUT2D eigenvalue weighted by molar-refractivity contribution is 0.0677. The van der Waals surface area contributed by atoms with Gasteiger partial charge >= 0.3 is 0 Å². The largest absolute Gasteiger partial charge is 0.455 e. The van der Waals surface area contributed by atoms with Gasteiger partial charge in [0, 0.05) is 55.5 Å². The van der Waals surface area contributed by atoms with Crippen LogP contribution in [-0.2, 0) is 10.0 Å². The molecule has 1 unspecified atom stereocenters. The normalized spacial score (nSPS) is 15.6. The van der Waals surface area contributed by atoms with Gasteiger partial charge in [0.15, 0.2) is 17.2 Å². The van der Waals surface area contributed by atoms with Gasteiger partial charge < -0.3 is 19.1 Å². The Labute approximate surface area is 252 Å². The van der Waals surface area contributed by atoms with E-state index in [-0.39, 0.29) is 40.7 Å². The third-order valence-corrected chi connectivity index (χ3v) is 9.28. The van der Waals surface area contributed by atoms with Gasteiger partial charge in [0.05, 0.1) is 17.5 Å². The molecule has 228 valence electrons. The van der Waals surface area contributed by atoms with Crippen LogP contribution >= 0.6 is 0 Å². The molecule has 6 rings (SSSR count). The second-order valence-electron chi connectivity index (χ2n) is 10.9. The highest BCUT2D eigenvalue weighted by molar-refractivity contribution is 7.92. The monoisotopic (exact) mass is 621 g/mol. The summed E-state index contributed by atoms with van der Waals surface area (Å²) in [5.41, 5.74) is 1.91. The molecule has 1 aliphatic heterocycles. The smallest absolute Gasteiger partial charge is 0.289 e. The Morgan fingerprint density at radius 2 is 1.80 bits per heavy atom. The molecule has 1 aliphatic rings. The predicted molar refractivity (Wildman–Crippen MR) is 162 cm³/mol. The summed E-state index contributed by atoms with van der Waals surface area (Å²) >= 11 is 0. The van der Waals surface area contributed by atoms with E-state index >= 15 is 0 Å². The highest BCUT2D eigenvalue weighted by atomic mass is 32.2. The minimum absolute atomic E-state index is 0.00516. The number of nitrogens with one attached hydrogen (secondary N) is 1. The second-order valence-corrected chi connectivity index (χ2v) is 12.9. The first-order chi connectivity index (χ1) is 21.0. The Morgan fingerprint density at radius 1 is 1.05 bits per heavy atom. The number of furan rings is 2. The van der Waals surface area contributed by atoms with E-state index in [1.165, 1.54) is 50.5 Å². The van der Waals surface area contributed by atoms with Crippen molar-refractivity contribution in [3.63, 3.8) is 0 Å². The number of amides is 2. The number of piperidine rings is 1. The molecule has 1 N–H and O–H groups in total. The summed E-state index contributed by atoms with van der Waals surface area (Å²) in [6.45, 7) is 0.657. The topological polar surface area (TPSA) is 113 Å². The number of sulfonamides is 1. The molecule has 1 saturated heterocycles. The lowest BCUT2D eigenvalue weighted by atomic mass is 9.88. The maximum Gasteiger partial charge on any atom is 0.289 e. The first-order valence-corrected chi connectivity index (χ1v) is 15.8. The van der Waals surface area contributed by atoms with Gasteiger partial charge in [0.25, 0.3) is 11.8 Å². The van der Waals surface area contributed by atoms with Crippen molar-refractivity contribution in [2.24, 2.45) is 0 Å². The zero-order valence-electron chi connectivity index (χ0n) is 24.2. The van der Waals surface area contributed by atoms with Gasteiger partial charge in [-0.05, 0) is 60.9 Å². The first kappa shape index (κ1) is 29.4. The molecule has 2 aromatic heterocycles. The fraction of sp³-hybridized carbons (Fsp3) is 0.250. The summed E-state index contributed by atoms with van der Waals surface area (Å²) in [6, 6.07) is 14.8. The molecule has 0 saturated carbocycles. The van der Waals surface area contributed by atoms with Crippen molar-refractivity contribution < 1.29 is 35.6 Å². The molecular formula is C32H29F2N3O6S. The number of carbonyl (C=O) groups is 2. The molecule has 1 fully saturated rings. The molecule has 0 spiro atoms. The van der Waals surface area contributed by atoms with Crippen LogP contribution in [-0.4, -0.2) is 58.6 Å². The van der Waals surface area contributed by atoms with E-state index in [4.69, 9.17) is 8.83 Å². The van der Waals surface area contributed by atoms with Gasteiger partial charge in [-0.1, -0.05) is 12.1 Å². The molecule has 3 heterocycles. The van der Waals surface area contributed by atoms with Crippen LogP contribution in [0.15, 0.2) is 69.5 Å². The second kappa shape index (κ2) is 11.1. The van der Waals surface area contributed by atoms with Crippen LogP contribution in [0, 0.1) is 11.6 Å². The van der Waals surface area contributed by atoms with Crippen molar-refractivity contribution in [2.75, 3.05) is 37.7 Å². The van der Waals surface area contributed by atoms with E-state index in [0.29, 0.717) is 47.0 Å². The van der Waals surface area contributed by atoms with Crippen molar-refractivity contribution >= 4 is 49.5 Å². The van der Waals surface area contributed by atoms with Crippen LogP contribution in [0.25, 0.3) is 33.3 Å². The Morgan fingerprint density at radius 3 is 2.48 bits per heavy atom. The molecule has 1 atom stereocenters. The number of anilines is 1. The van der Waals surface area contributed by atoms with E-state index in [2.05, 4.69) is 5.32 Å². The number of halogens is 2. The SMILES string of the molecule is CNC(=O)c1c(-c2ccc(F)cc2)oc2cc(N(C)S(C)(=O)=O)c(C3CCCN(C(=O)c4cc5cccc(F)c5o4)C3)cc12. The molecular weight excluding hydrogens is 592 g/mol. The number of hydrogen-bond donors (Lipinski definition) is 1. The Bertz CT molecular complexity index is 2030. The van der Waals surface area contributed by atoms with E-state index in [9.17, 15) is 26.8 Å². The van der Waals surface area contributed by atoms with Gasteiger partial charge in [-0.3, -0.25) is 13.9 Å². The van der Waals surface area contributed by atoms with Crippen LogP contribution in [0.2, 0.25) is 0 Å². The van der Waals surface area contributed by atoms with Crippen molar-refractivity contribution in [3.8, 4) is 11.3 Å². The van der Waals surface area contributed by atoms with Gasteiger partial charge in [-0.15, -0.1) is 0 Å². The molecule has 0 bridgehead atoms. The summed E-state index contributed by atoms with van der Waals surface area (Å²) in [4.78, 5) is 28.3. The van der Waals surface area contributed by atoms with Crippen molar-refractivity contribution in [2.45, 2.75) is 18.8 Å². The highest BCUT2D eigenvalue weighted by Gasteiger charge is 2.32. The van der Waals surface area contributed by atoms with Crippen LogP contribution < -0.4 is 9.62 Å². The zero-order chi connectivity index (χ0) is 31.3. The molecule has 0 aliphatic carbocycles. The zero-order valence-corrected chi connectivity index (χ0v) is 25.0. The van der Waals surface area contributed by atoms with Gasteiger partial charge in [-0.25, -0.2) is 17.2 Å². The third-order valence-electron chi connectivity index (χ3n) is 8.09. The minimum atomic E-state index is -3.72. The van der Waals surface area contributed by atoms with Gasteiger partial charge in [0.1, 0.15) is 17.2 Å². The van der Waals surface area contributed by atoms with Gasteiger partial charge in [-0.2, -0.15) is 0 Å². The molecule has 0 radical (unpaired) electrons. The third kappa shape index (κ3) is 5.19. The number of fused-ring (bicyclic) bond motifs is 2. The Kier molecular flexibility index (Phi) is 7.40. The average molecular weight is 622 g/mol. The maximum absolute atomic E-state index is 14.3.